The molecular formula is C14H9ClF4O2S. The van der Waals surface area contributed by atoms with Crippen molar-refractivity contribution in [2.75, 3.05) is 0 Å². The van der Waals surface area contributed by atoms with Crippen LogP contribution in [0.5, 0.6) is 0 Å². The summed E-state index contributed by atoms with van der Waals surface area (Å²) in [5.41, 5.74) is -1.46. The summed E-state index contributed by atoms with van der Waals surface area (Å²) in [6.45, 7) is 0. The van der Waals surface area contributed by atoms with Gasteiger partial charge in [-0.1, -0.05) is 12.1 Å². The molecule has 2 rings (SSSR count). The van der Waals surface area contributed by atoms with Gasteiger partial charge in [-0.05, 0) is 24.3 Å². The monoisotopic (exact) mass is 352 g/mol. The quantitative estimate of drug-likeness (QED) is 0.613. The number of hydrogen-bond acceptors (Lipinski definition) is 2. The topological polar surface area (TPSA) is 34.1 Å². The third kappa shape index (κ3) is 3.41. The van der Waals surface area contributed by atoms with Gasteiger partial charge >= 0.3 is 0 Å². The summed E-state index contributed by atoms with van der Waals surface area (Å²) in [4.78, 5) is 0. The number of rotatable bonds is 4. The number of halogens is 5. The molecule has 0 bridgehead atoms. The molecule has 8 heteroatoms. The lowest BCUT2D eigenvalue weighted by molar-refractivity contribution is 0.521. The Hall–Kier alpha value is -1.60. The lowest BCUT2D eigenvalue weighted by Crippen LogP contribution is -2.16. The van der Waals surface area contributed by atoms with Gasteiger partial charge in [0.25, 0.3) is 0 Å². The average Bonchev–Trinajstić information content (AvgIpc) is 2.39. The second-order valence-corrected chi connectivity index (χ2v) is 7.31. The van der Waals surface area contributed by atoms with Crippen LogP contribution in [0.3, 0.4) is 0 Å². The van der Waals surface area contributed by atoms with E-state index in [9.17, 15) is 26.0 Å². The normalized spacial score (nSPS) is 13.1. The zero-order valence-electron chi connectivity index (χ0n) is 10.9. The summed E-state index contributed by atoms with van der Waals surface area (Å²) in [6, 6.07) is 5.62. The molecule has 2 aromatic rings. The molecule has 0 heterocycles. The van der Waals surface area contributed by atoms with E-state index in [1.54, 1.807) is 0 Å². The van der Waals surface area contributed by atoms with Gasteiger partial charge in [0.1, 0.15) is 28.5 Å². The molecule has 2 aromatic carbocycles. The van der Waals surface area contributed by atoms with Gasteiger partial charge < -0.3 is 0 Å². The minimum Gasteiger partial charge on any atom is -0.212 e. The summed E-state index contributed by atoms with van der Waals surface area (Å²) in [5, 5.41) is -1.96. The zero-order chi connectivity index (χ0) is 16.5. The van der Waals surface area contributed by atoms with Crippen LogP contribution in [-0.2, 0) is 15.5 Å². The Morgan fingerprint density at radius 1 is 0.864 bits per heavy atom. The SMILES string of the molecule is O=S(=O)(Cl)C(Cc1c(F)cccc1F)c1c(F)cccc1F. The molecule has 0 saturated carbocycles. The summed E-state index contributed by atoms with van der Waals surface area (Å²) >= 11 is 0. The van der Waals surface area contributed by atoms with Crippen molar-refractivity contribution < 1.29 is 26.0 Å². The molecule has 0 aromatic heterocycles. The Balaban J connectivity index is 2.59. The van der Waals surface area contributed by atoms with Crippen LogP contribution in [0.15, 0.2) is 36.4 Å². The third-order valence-electron chi connectivity index (χ3n) is 3.11. The van der Waals surface area contributed by atoms with Gasteiger partial charge in [-0.15, -0.1) is 0 Å². The standard InChI is InChI=1S/C14H9ClF4O2S/c15-22(20,21)13(14-11(18)5-2-6-12(14)19)7-8-9(16)3-1-4-10(8)17/h1-6,13H,7H2. The van der Waals surface area contributed by atoms with Crippen LogP contribution in [0, 0.1) is 23.3 Å². The van der Waals surface area contributed by atoms with Gasteiger partial charge in [0, 0.05) is 28.2 Å². The van der Waals surface area contributed by atoms with Gasteiger partial charge in [-0.3, -0.25) is 0 Å². The van der Waals surface area contributed by atoms with E-state index in [4.69, 9.17) is 10.7 Å². The summed E-state index contributed by atoms with van der Waals surface area (Å²) in [5.74, 6) is -4.37. The van der Waals surface area contributed by atoms with E-state index in [-0.39, 0.29) is 0 Å². The third-order valence-corrected chi connectivity index (χ3v) is 4.84. The molecular weight excluding hydrogens is 344 g/mol. The smallest absolute Gasteiger partial charge is 0.212 e. The average molecular weight is 353 g/mol. The maximum absolute atomic E-state index is 13.8. The Labute approximate surface area is 128 Å². The Bertz CT molecular complexity index is 768. The van der Waals surface area contributed by atoms with Crippen molar-refractivity contribution in [1.29, 1.82) is 0 Å². The Kier molecular flexibility index (Phi) is 4.77. The molecule has 0 spiro atoms. The molecule has 0 saturated heterocycles. The molecule has 22 heavy (non-hydrogen) atoms. The highest BCUT2D eigenvalue weighted by molar-refractivity contribution is 8.13. The molecule has 1 atom stereocenters. The molecule has 118 valence electrons. The summed E-state index contributed by atoms with van der Waals surface area (Å²) in [6.07, 6.45) is -0.831. The van der Waals surface area contributed by atoms with Crippen molar-refractivity contribution in [3.63, 3.8) is 0 Å². The Morgan fingerprint density at radius 2 is 1.27 bits per heavy atom. The van der Waals surface area contributed by atoms with Crippen LogP contribution in [0.25, 0.3) is 0 Å². The first-order chi connectivity index (χ1) is 10.2. The lowest BCUT2D eigenvalue weighted by Gasteiger charge is -2.16. The highest BCUT2D eigenvalue weighted by atomic mass is 35.7. The summed E-state index contributed by atoms with van der Waals surface area (Å²) in [7, 11) is 0.690. The van der Waals surface area contributed by atoms with Gasteiger partial charge in [-0.2, -0.15) is 0 Å². The molecule has 0 fully saturated rings. The minimum atomic E-state index is -4.54. The molecule has 0 amide bonds. The predicted octanol–water partition coefficient (Wildman–Crippen LogP) is 4.10. The highest BCUT2D eigenvalue weighted by Crippen LogP contribution is 2.34. The second-order valence-electron chi connectivity index (χ2n) is 4.50. The van der Waals surface area contributed by atoms with Crippen LogP contribution < -0.4 is 0 Å². The molecule has 0 aliphatic heterocycles. The van der Waals surface area contributed by atoms with Gasteiger partial charge in [-0.25, -0.2) is 26.0 Å². The van der Waals surface area contributed by atoms with E-state index in [1.807, 2.05) is 0 Å². The van der Waals surface area contributed by atoms with Crippen molar-refractivity contribution >= 4 is 19.7 Å². The highest BCUT2D eigenvalue weighted by Gasteiger charge is 2.32. The molecule has 0 N–H and O–H groups in total. The Morgan fingerprint density at radius 3 is 1.68 bits per heavy atom. The van der Waals surface area contributed by atoms with E-state index < -0.39 is 55.1 Å². The van der Waals surface area contributed by atoms with E-state index in [2.05, 4.69) is 0 Å². The minimum absolute atomic E-state index is 0.612. The van der Waals surface area contributed by atoms with Crippen LogP contribution in [0.4, 0.5) is 17.6 Å². The van der Waals surface area contributed by atoms with E-state index in [0.717, 1.165) is 36.4 Å². The van der Waals surface area contributed by atoms with Crippen molar-refractivity contribution in [2.24, 2.45) is 0 Å². The van der Waals surface area contributed by atoms with Crippen molar-refractivity contribution in [2.45, 2.75) is 11.7 Å². The first kappa shape index (κ1) is 16.8. The largest absolute Gasteiger partial charge is 0.240 e. The fourth-order valence-corrected chi connectivity index (χ4v) is 3.40. The predicted molar refractivity (Wildman–Crippen MR) is 73.9 cm³/mol. The van der Waals surface area contributed by atoms with Crippen molar-refractivity contribution in [3.8, 4) is 0 Å². The van der Waals surface area contributed by atoms with Crippen molar-refractivity contribution in [1.82, 2.24) is 0 Å². The van der Waals surface area contributed by atoms with Gasteiger partial charge in [0.15, 0.2) is 0 Å². The van der Waals surface area contributed by atoms with Crippen molar-refractivity contribution in [3.05, 3.63) is 70.8 Å². The van der Waals surface area contributed by atoms with E-state index >= 15 is 0 Å². The van der Waals surface area contributed by atoms with Gasteiger partial charge in [0.2, 0.25) is 9.05 Å². The molecule has 2 nitrogen and oxygen atoms in total. The van der Waals surface area contributed by atoms with E-state index in [0.29, 0.717) is 0 Å². The molecule has 1 unspecified atom stereocenters. The number of hydrogen-bond donors (Lipinski definition) is 0. The van der Waals surface area contributed by atoms with Crippen LogP contribution in [0.2, 0.25) is 0 Å². The fourth-order valence-electron chi connectivity index (χ4n) is 2.07. The first-order valence-electron chi connectivity index (χ1n) is 6.02. The lowest BCUT2D eigenvalue weighted by atomic mass is 10.0. The molecule has 0 radical (unpaired) electrons. The zero-order valence-corrected chi connectivity index (χ0v) is 12.4. The van der Waals surface area contributed by atoms with E-state index in [1.165, 1.54) is 0 Å². The second kappa shape index (κ2) is 6.26. The maximum atomic E-state index is 13.8. The molecule has 0 aliphatic rings. The van der Waals surface area contributed by atoms with Gasteiger partial charge in [0.05, 0.1) is 0 Å². The maximum Gasteiger partial charge on any atom is 0.240 e. The molecule has 0 aliphatic carbocycles. The van der Waals surface area contributed by atoms with Crippen LogP contribution in [-0.4, -0.2) is 8.42 Å². The first-order valence-corrected chi connectivity index (χ1v) is 8.39. The summed E-state index contributed by atoms with van der Waals surface area (Å²) < 4.78 is 78.2. The van der Waals surface area contributed by atoms with Crippen LogP contribution in [0.1, 0.15) is 16.4 Å². The van der Waals surface area contributed by atoms with Crippen LogP contribution >= 0.6 is 10.7 Å². The number of benzene rings is 2. The fraction of sp³-hybridized carbons (Fsp3) is 0.143.